The number of fused-ring (bicyclic) bond motifs is 1. The van der Waals surface area contributed by atoms with Crippen molar-refractivity contribution in [2.45, 2.75) is 0 Å². The molecule has 7 heteroatoms. The first kappa shape index (κ1) is 11.1. The molecule has 0 spiro atoms. The van der Waals surface area contributed by atoms with Gasteiger partial charge in [0, 0.05) is 32.8 Å². The zero-order chi connectivity index (χ0) is 12.3. The molecule has 0 aliphatic rings. The van der Waals surface area contributed by atoms with Crippen molar-refractivity contribution in [2.75, 3.05) is 0 Å². The summed E-state index contributed by atoms with van der Waals surface area (Å²) in [5, 5.41) is 14.7. The third-order valence-electron chi connectivity index (χ3n) is 2.09. The summed E-state index contributed by atoms with van der Waals surface area (Å²) in [6.45, 7) is 0. The van der Waals surface area contributed by atoms with Gasteiger partial charge in [-0.15, -0.1) is 11.3 Å². The second-order valence-electron chi connectivity index (χ2n) is 3.15. The smallest absolute Gasteiger partial charge is 0.258 e. The molecule has 84 valence electrons. The van der Waals surface area contributed by atoms with Gasteiger partial charge in [0.05, 0.1) is 4.92 Å². The number of non-ortho nitro benzene ring substituents is 1. The number of azide groups is 1. The van der Waals surface area contributed by atoms with Crippen LogP contribution in [0.25, 0.3) is 26.6 Å². The van der Waals surface area contributed by atoms with Crippen LogP contribution in [0.15, 0.2) is 35.6 Å². The molecule has 0 atom stereocenters. The highest BCUT2D eigenvalue weighted by Gasteiger charge is 2.07. The van der Waals surface area contributed by atoms with Crippen LogP contribution in [0.2, 0.25) is 0 Å². The summed E-state index contributed by atoms with van der Waals surface area (Å²) in [4.78, 5) is 13.7. The Kier molecular flexibility index (Phi) is 3.04. The maximum absolute atomic E-state index is 10.6. The lowest BCUT2D eigenvalue weighted by Crippen LogP contribution is -1.85. The molecular weight excluding hydrogens is 240 g/mol. The third-order valence-corrected chi connectivity index (χ3v) is 3.17. The average molecular weight is 246 g/mol. The van der Waals surface area contributed by atoms with E-state index in [0.717, 1.165) is 15.0 Å². The molecule has 0 saturated heterocycles. The quantitative estimate of drug-likeness (QED) is 0.268. The number of hydrogen-bond donors (Lipinski definition) is 0. The van der Waals surface area contributed by atoms with Gasteiger partial charge in [0.1, 0.15) is 0 Å². The van der Waals surface area contributed by atoms with Gasteiger partial charge in [-0.1, -0.05) is 5.11 Å². The zero-order valence-corrected chi connectivity index (χ0v) is 9.29. The van der Waals surface area contributed by atoms with E-state index in [1.165, 1.54) is 29.7 Å². The van der Waals surface area contributed by atoms with Crippen LogP contribution in [-0.4, -0.2) is 4.92 Å². The van der Waals surface area contributed by atoms with Gasteiger partial charge in [-0.2, -0.15) is 0 Å². The molecule has 1 heterocycles. The molecule has 2 rings (SSSR count). The fourth-order valence-electron chi connectivity index (χ4n) is 1.38. The van der Waals surface area contributed by atoms with Crippen LogP contribution < -0.4 is 0 Å². The minimum absolute atomic E-state index is 0.0703. The van der Waals surface area contributed by atoms with Gasteiger partial charge >= 0.3 is 0 Å². The van der Waals surface area contributed by atoms with Gasteiger partial charge in [0.25, 0.3) is 5.69 Å². The lowest BCUT2D eigenvalue weighted by atomic mass is 10.2. The highest BCUT2D eigenvalue weighted by Crippen LogP contribution is 2.29. The first-order chi connectivity index (χ1) is 8.20. The van der Waals surface area contributed by atoms with Gasteiger partial charge in [-0.25, -0.2) is 0 Å². The van der Waals surface area contributed by atoms with E-state index in [1.54, 1.807) is 12.1 Å². The lowest BCUT2D eigenvalue weighted by molar-refractivity contribution is -0.384. The van der Waals surface area contributed by atoms with Crippen molar-refractivity contribution in [3.8, 4) is 0 Å². The molecule has 0 aliphatic carbocycles. The van der Waals surface area contributed by atoms with E-state index in [-0.39, 0.29) is 5.69 Å². The van der Waals surface area contributed by atoms with Crippen LogP contribution >= 0.6 is 11.3 Å². The Morgan fingerprint density at radius 1 is 1.47 bits per heavy atom. The van der Waals surface area contributed by atoms with Gasteiger partial charge in [0.2, 0.25) is 0 Å². The molecular formula is C10H6N4O2S. The van der Waals surface area contributed by atoms with Crippen molar-refractivity contribution in [1.29, 1.82) is 0 Å². The number of hydrogen-bond acceptors (Lipinski definition) is 4. The maximum atomic E-state index is 10.6. The van der Waals surface area contributed by atoms with Crippen molar-refractivity contribution >= 4 is 33.2 Å². The molecule has 2 aromatic rings. The Hall–Kier alpha value is -2.37. The number of rotatable bonds is 3. The fourth-order valence-corrected chi connectivity index (χ4v) is 2.32. The SMILES string of the molecule is [N-]=[N+]=NC=Cc1cc2cc([N+](=O)[O-])ccc2s1. The molecule has 0 fully saturated rings. The van der Waals surface area contributed by atoms with Crippen LogP contribution in [0.4, 0.5) is 5.69 Å². The van der Waals surface area contributed by atoms with Crippen molar-refractivity contribution in [3.05, 3.63) is 55.9 Å². The van der Waals surface area contributed by atoms with Gasteiger partial charge < -0.3 is 0 Å². The van der Waals surface area contributed by atoms with Crippen molar-refractivity contribution < 1.29 is 4.92 Å². The Balaban J connectivity index is 2.43. The molecule has 0 radical (unpaired) electrons. The number of nitrogens with zero attached hydrogens (tertiary/aromatic N) is 4. The summed E-state index contributed by atoms with van der Waals surface area (Å²) in [5.74, 6) is 0. The van der Waals surface area contributed by atoms with Gasteiger partial charge in [0.15, 0.2) is 0 Å². The van der Waals surface area contributed by atoms with Crippen molar-refractivity contribution in [2.24, 2.45) is 5.11 Å². The molecule has 0 aliphatic heterocycles. The van der Waals surface area contributed by atoms with Crippen molar-refractivity contribution in [3.63, 3.8) is 0 Å². The molecule has 6 nitrogen and oxygen atoms in total. The van der Waals surface area contributed by atoms with E-state index in [1.807, 2.05) is 6.07 Å². The zero-order valence-electron chi connectivity index (χ0n) is 8.48. The minimum atomic E-state index is -0.424. The van der Waals surface area contributed by atoms with Crippen molar-refractivity contribution in [1.82, 2.24) is 0 Å². The molecule has 0 unspecified atom stereocenters. The molecule has 0 amide bonds. The molecule has 0 saturated carbocycles. The number of nitro groups is 1. The number of thiophene rings is 1. The number of benzene rings is 1. The Bertz CT molecular complexity index is 655. The topological polar surface area (TPSA) is 91.9 Å². The predicted octanol–water partition coefficient (Wildman–Crippen LogP) is 4.09. The second kappa shape index (κ2) is 4.65. The predicted molar refractivity (Wildman–Crippen MR) is 66.7 cm³/mol. The standard InChI is InChI=1S/C10H6N4O2S/c11-13-12-4-3-9-6-7-5-8(14(15)16)1-2-10(7)17-9/h1-6H. The molecule has 17 heavy (non-hydrogen) atoms. The Morgan fingerprint density at radius 2 is 2.29 bits per heavy atom. The molecule has 0 bridgehead atoms. The third kappa shape index (κ3) is 2.41. The summed E-state index contributed by atoms with van der Waals surface area (Å²) in [7, 11) is 0. The van der Waals surface area contributed by atoms with Crippen LogP contribution in [0.3, 0.4) is 0 Å². The second-order valence-corrected chi connectivity index (χ2v) is 4.26. The average Bonchev–Trinajstić information content (AvgIpc) is 2.70. The first-order valence-electron chi connectivity index (χ1n) is 4.59. The summed E-state index contributed by atoms with van der Waals surface area (Å²) in [6, 6.07) is 6.52. The lowest BCUT2D eigenvalue weighted by Gasteiger charge is -1.89. The largest absolute Gasteiger partial charge is 0.270 e. The van der Waals surface area contributed by atoms with Crippen LogP contribution in [0, 0.1) is 10.1 Å². The van der Waals surface area contributed by atoms with E-state index in [9.17, 15) is 10.1 Å². The van der Waals surface area contributed by atoms with E-state index >= 15 is 0 Å². The van der Waals surface area contributed by atoms with E-state index in [2.05, 4.69) is 10.0 Å². The van der Waals surface area contributed by atoms with Crippen LogP contribution in [0.1, 0.15) is 4.88 Å². The summed E-state index contributed by atoms with van der Waals surface area (Å²) in [5.41, 5.74) is 8.19. The Labute approximate surface area is 99.6 Å². The first-order valence-corrected chi connectivity index (χ1v) is 5.41. The monoisotopic (exact) mass is 246 g/mol. The van der Waals surface area contributed by atoms with Crippen LogP contribution in [-0.2, 0) is 0 Å². The highest BCUT2D eigenvalue weighted by atomic mass is 32.1. The normalized spacial score (nSPS) is 10.6. The van der Waals surface area contributed by atoms with Gasteiger partial charge in [-0.3, -0.25) is 10.1 Å². The molecule has 1 aromatic carbocycles. The summed E-state index contributed by atoms with van der Waals surface area (Å²) >= 11 is 1.48. The summed E-state index contributed by atoms with van der Waals surface area (Å²) < 4.78 is 0.955. The minimum Gasteiger partial charge on any atom is -0.258 e. The maximum Gasteiger partial charge on any atom is 0.270 e. The van der Waals surface area contributed by atoms with Crippen LogP contribution in [0.5, 0.6) is 0 Å². The Morgan fingerprint density at radius 3 is 3.00 bits per heavy atom. The summed E-state index contributed by atoms with van der Waals surface area (Å²) in [6.07, 6.45) is 3.01. The van der Waals surface area contributed by atoms with E-state index in [4.69, 9.17) is 5.53 Å². The van der Waals surface area contributed by atoms with E-state index in [0.29, 0.717) is 0 Å². The molecule has 0 N–H and O–H groups in total. The van der Waals surface area contributed by atoms with E-state index < -0.39 is 4.92 Å². The highest BCUT2D eigenvalue weighted by molar-refractivity contribution is 7.19. The van der Waals surface area contributed by atoms with Gasteiger partial charge in [-0.05, 0) is 29.1 Å². The fraction of sp³-hybridized carbons (Fsp3) is 0. The molecule has 1 aromatic heterocycles. The number of nitro benzene ring substituents is 1.